The van der Waals surface area contributed by atoms with Crippen molar-refractivity contribution in [1.29, 1.82) is 0 Å². The van der Waals surface area contributed by atoms with E-state index in [1.807, 2.05) is 18.5 Å². The Morgan fingerprint density at radius 3 is 2.74 bits per heavy atom. The second-order valence-corrected chi connectivity index (χ2v) is 5.82. The van der Waals surface area contributed by atoms with E-state index in [1.54, 1.807) is 0 Å². The van der Waals surface area contributed by atoms with Crippen LogP contribution in [0.3, 0.4) is 0 Å². The van der Waals surface area contributed by atoms with Crippen LogP contribution in [0.25, 0.3) is 0 Å². The topological polar surface area (TPSA) is 70.1 Å². The molecule has 2 heterocycles. The summed E-state index contributed by atoms with van der Waals surface area (Å²) in [7, 11) is 0. The zero-order chi connectivity index (χ0) is 14.0. The number of halogens is 1. The Balaban J connectivity index is 2.18. The number of ketones is 1. The molecule has 0 unspecified atom stereocenters. The molecule has 6 heteroatoms. The van der Waals surface area contributed by atoms with E-state index in [0.717, 1.165) is 22.4 Å². The number of nitrogens with zero attached hydrogens (tertiary/aromatic N) is 2. The molecule has 0 atom stereocenters. The molecule has 2 rings (SSSR count). The first-order valence-corrected chi connectivity index (χ1v) is 7.39. The zero-order valence-corrected chi connectivity index (χ0v) is 13.0. The van der Waals surface area contributed by atoms with Gasteiger partial charge in [0.05, 0.1) is 27.8 Å². The normalized spacial score (nSPS) is 18.5. The van der Waals surface area contributed by atoms with Crippen LogP contribution < -0.4 is 5.73 Å². The summed E-state index contributed by atoms with van der Waals surface area (Å²) in [4.78, 5) is 12.5. The lowest BCUT2D eigenvalue weighted by atomic mass is 9.85. The van der Waals surface area contributed by atoms with Crippen molar-refractivity contribution in [2.45, 2.75) is 45.2 Å². The van der Waals surface area contributed by atoms with Gasteiger partial charge in [0.2, 0.25) is 0 Å². The van der Waals surface area contributed by atoms with Gasteiger partial charge in [-0.3, -0.25) is 9.48 Å². The molecule has 2 N–H and O–H groups in total. The summed E-state index contributed by atoms with van der Waals surface area (Å²) in [6, 6.07) is 0. The van der Waals surface area contributed by atoms with Gasteiger partial charge in [-0.15, -0.1) is 0 Å². The van der Waals surface area contributed by atoms with Crippen LogP contribution in [-0.2, 0) is 22.5 Å². The van der Waals surface area contributed by atoms with Crippen molar-refractivity contribution < 1.29 is 9.53 Å². The lowest BCUT2D eigenvalue weighted by Gasteiger charge is -2.31. The van der Waals surface area contributed by atoms with E-state index >= 15 is 0 Å². The zero-order valence-electron chi connectivity index (χ0n) is 11.4. The molecule has 0 spiro atoms. The molecule has 1 aliphatic rings. The lowest BCUT2D eigenvalue weighted by molar-refractivity contribution is -0.127. The Hall–Kier alpha value is -0.720. The maximum Gasteiger partial charge on any atom is 0.158 e. The standard InChI is InChI=1S/C13H20BrN3O2/c1-3-17-10(12(14)9(2)16-17)8-11(18)13(15)4-6-19-7-5-13/h3-8,15H2,1-2H3. The lowest BCUT2D eigenvalue weighted by Crippen LogP contribution is -2.52. The summed E-state index contributed by atoms with van der Waals surface area (Å²) < 4.78 is 8.06. The number of rotatable bonds is 4. The smallest absolute Gasteiger partial charge is 0.158 e. The van der Waals surface area contributed by atoms with Gasteiger partial charge in [0.15, 0.2) is 5.78 Å². The molecule has 0 aromatic carbocycles. The van der Waals surface area contributed by atoms with E-state index in [-0.39, 0.29) is 5.78 Å². The molecule has 19 heavy (non-hydrogen) atoms. The fraction of sp³-hybridized carbons (Fsp3) is 0.692. The number of carbonyl (C=O) groups is 1. The van der Waals surface area contributed by atoms with Crippen molar-refractivity contribution in [3.05, 3.63) is 15.9 Å². The Kier molecular flexibility index (Phi) is 4.43. The minimum atomic E-state index is -0.742. The van der Waals surface area contributed by atoms with Crippen molar-refractivity contribution in [3.63, 3.8) is 0 Å². The quantitative estimate of drug-likeness (QED) is 0.910. The largest absolute Gasteiger partial charge is 0.381 e. The third kappa shape index (κ3) is 2.90. The number of hydrogen-bond donors (Lipinski definition) is 1. The number of carbonyl (C=O) groups excluding carboxylic acids is 1. The molecule has 106 valence electrons. The van der Waals surface area contributed by atoms with E-state index < -0.39 is 5.54 Å². The first kappa shape index (κ1) is 14.7. The van der Waals surface area contributed by atoms with Gasteiger partial charge < -0.3 is 10.5 Å². The van der Waals surface area contributed by atoms with Crippen LogP contribution in [-0.4, -0.2) is 34.3 Å². The molecule has 5 nitrogen and oxygen atoms in total. The van der Waals surface area contributed by atoms with E-state index in [4.69, 9.17) is 10.5 Å². The van der Waals surface area contributed by atoms with Crippen LogP contribution >= 0.6 is 15.9 Å². The molecule has 1 fully saturated rings. The van der Waals surface area contributed by atoms with Crippen LogP contribution in [0.15, 0.2) is 4.47 Å². The Morgan fingerprint density at radius 1 is 1.53 bits per heavy atom. The highest BCUT2D eigenvalue weighted by Gasteiger charge is 2.36. The number of hydrogen-bond acceptors (Lipinski definition) is 4. The molecule has 1 aromatic heterocycles. The minimum absolute atomic E-state index is 0.0751. The van der Waals surface area contributed by atoms with Gasteiger partial charge in [-0.2, -0.15) is 5.10 Å². The van der Waals surface area contributed by atoms with Crippen LogP contribution in [0.1, 0.15) is 31.2 Å². The summed E-state index contributed by atoms with van der Waals surface area (Å²) >= 11 is 3.51. The maximum atomic E-state index is 12.5. The van der Waals surface area contributed by atoms with Gasteiger partial charge in [-0.25, -0.2) is 0 Å². The highest BCUT2D eigenvalue weighted by molar-refractivity contribution is 9.10. The van der Waals surface area contributed by atoms with Crippen LogP contribution in [0.2, 0.25) is 0 Å². The van der Waals surface area contributed by atoms with Gasteiger partial charge in [-0.05, 0) is 42.6 Å². The molecule has 0 radical (unpaired) electrons. The third-order valence-corrected chi connectivity index (χ3v) is 4.75. The van der Waals surface area contributed by atoms with Crippen LogP contribution in [0.4, 0.5) is 0 Å². The molecule has 0 bridgehead atoms. The summed E-state index contributed by atoms with van der Waals surface area (Å²) in [5.41, 5.74) is 7.31. The maximum absolute atomic E-state index is 12.5. The van der Waals surface area contributed by atoms with E-state index in [2.05, 4.69) is 21.0 Å². The Morgan fingerprint density at radius 2 is 2.16 bits per heavy atom. The number of aryl methyl sites for hydroxylation is 2. The monoisotopic (exact) mass is 329 g/mol. The summed E-state index contributed by atoms with van der Waals surface area (Å²) in [6.45, 7) is 5.82. The number of ether oxygens (including phenoxy) is 1. The summed E-state index contributed by atoms with van der Waals surface area (Å²) in [5.74, 6) is 0.0751. The van der Waals surface area contributed by atoms with Crippen molar-refractivity contribution in [2.75, 3.05) is 13.2 Å². The minimum Gasteiger partial charge on any atom is -0.381 e. The van der Waals surface area contributed by atoms with Gasteiger partial charge in [0.25, 0.3) is 0 Å². The second-order valence-electron chi connectivity index (χ2n) is 5.03. The van der Waals surface area contributed by atoms with Crippen molar-refractivity contribution in [1.82, 2.24) is 9.78 Å². The van der Waals surface area contributed by atoms with Crippen LogP contribution in [0, 0.1) is 6.92 Å². The molecule has 1 aromatic rings. The Bertz CT molecular complexity index is 478. The summed E-state index contributed by atoms with van der Waals surface area (Å²) in [5, 5.41) is 4.40. The van der Waals surface area contributed by atoms with Crippen LogP contribution in [0.5, 0.6) is 0 Å². The molecular weight excluding hydrogens is 310 g/mol. The summed E-state index contributed by atoms with van der Waals surface area (Å²) in [6.07, 6.45) is 1.52. The van der Waals surface area contributed by atoms with Gasteiger partial charge in [0.1, 0.15) is 0 Å². The van der Waals surface area contributed by atoms with Crippen molar-refractivity contribution in [3.8, 4) is 0 Å². The first-order valence-electron chi connectivity index (χ1n) is 6.59. The number of aromatic nitrogens is 2. The predicted molar refractivity (Wildman–Crippen MR) is 76.0 cm³/mol. The number of Topliss-reactive ketones (excluding diaryl/α,β-unsaturated/α-hetero) is 1. The SMILES string of the molecule is CCn1nc(C)c(Br)c1CC(=O)C1(N)CCOCC1. The average molecular weight is 330 g/mol. The van der Waals surface area contributed by atoms with E-state index in [9.17, 15) is 4.79 Å². The molecule has 0 saturated carbocycles. The first-order chi connectivity index (χ1) is 8.98. The third-order valence-electron chi connectivity index (χ3n) is 3.72. The fourth-order valence-corrected chi connectivity index (χ4v) is 2.80. The molecule has 0 amide bonds. The Labute approximate surface area is 121 Å². The van der Waals surface area contributed by atoms with E-state index in [0.29, 0.717) is 32.5 Å². The molecule has 1 saturated heterocycles. The predicted octanol–water partition coefficient (Wildman–Crippen LogP) is 1.59. The van der Waals surface area contributed by atoms with Crippen molar-refractivity contribution in [2.24, 2.45) is 5.73 Å². The fourth-order valence-electron chi connectivity index (χ4n) is 2.38. The highest BCUT2D eigenvalue weighted by Crippen LogP contribution is 2.25. The molecule has 1 aliphatic heterocycles. The second kappa shape index (κ2) is 5.73. The number of nitrogens with two attached hydrogens (primary N) is 1. The van der Waals surface area contributed by atoms with Gasteiger partial charge >= 0.3 is 0 Å². The van der Waals surface area contributed by atoms with Gasteiger partial charge in [-0.1, -0.05) is 0 Å². The average Bonchev–Trinajstić information content (AvgIpc) is 2.67. The molecular formula is C13H20BrN3O2. The van der Waals surface area contributed by atoms with E-state index in [1.165, 1.54) is 0 Å². The highest BCUT2D eigenvalue weighted by atomic mass is 79.9. The van der Waals surface area contributed by atoms with Crippen molar-refractivity contribution >= 4 is 21.7 Å². The molecule has 0 aliphatic carbocycles. The van der Waals surface area contributed by atoms with Gasteiger partial charge in [0, 0.05) is 19.8 Å².